The molecule has 2 aliphatic heterocycles. The van der Waals surface area contributed by atoms with Crippen molar-refractivity contribution < 1.29 is 9.90 Å². The first kappa shape index (κ1) is 16.4. The standard InChI is InChI=1S/C19H21N3O2S/c23-13-14-1-3-16(4-2-14)21-7-9-22(10-8-21)25-17-5-6-18-15(11-17)12-19(24)20-18/h1-6,11,23H,7-10,12-13H2,(H,20,24). The van der Waals surface area contributed by atoms with E-state index in [1.165, 1.54) is 10.6 Å². The van der Waals surface area contributed by atoms with E-state index in [1.807, 2.05) is 18.2 Å². The van der Waals surface area contributed by atoms with Crippen LogP contribution in [0.5, 0.6) is 0 Å². The van der Waals surface area contributed by atoms with E-state index in [4.69, 9.17) is 5.11 Å². The van der Waals surface area contributed by atoms with Gasteiger partial charge < -0.3 is 15.3 Å². The predicted octanol–water partition coefficient (Wildman–Crippen LogP) is 2.50. The van der Waals surface area contributed by atoms with Crippen LogP contribution in [0.2, 0.25) is 0 Å². The van der Waals surface area contributed by atoms with Crippen LogP contribution < -0.4 is 10.2 Å². The molecule has 0 unspecified atom stereocenters. The van der Waals surface area contributed by atoms with Gasteiger partial charge in [-0.25, -0.2) is 4.31 Å². The zero-order valence-corrected chi connectivity index (χ0v) is 14.8. The lowest BCUT2D eigenvalue weighted by Gasteiger charge is -2.35. The second kappa shape index (κ2) is 7.07. The Hall–Kier alpha value is -2.02. The van der Waals surface area contributed by atoms with Crippen LogP contribution in [0.15, 0.2) is 47.4 Å². The van der Waals surface area contributed by atoms with Crippen LogP contribution >= 0.6 is 11.9 Å². The van der Waals surface area contributed by atoms with Gasteiger partial charge in [0.15, 0.2) is 0 Å². The number of piperazine rings is 1. The summed E-state index contributed by atoms with van der Waals surface area (Å²) < 4.78 is 2.38. The second-order valence-corrected chi connectivity index (χ2v) is 7.55. The van der Waals surface area contributed by atoms with Crippen LogP contribution in [-0.2, 0) is 17.8 Å². The normalized spacial score (nSPS) is 17.5. The fraction of sp³-hybridized carbons (Fsp3) is 0.316. The number of anilines is 2. The minimum atomic E-state index is 0.0815. The molecule has 2 aromatic carbocycles. The third kappa shape index (κ3) is 3.66. The molecule has 0 atom stereocenters. The van der Waals surface area contributed by atoms with E-state index in [1.54, 1.807) is 11.9 Å². The topological polar surface area (TPSA) is 55.8 Å². The molecule has 2 aromatic rings. The number of amides is 1. The number of carbonyl (C=O) groups excluding carboxylic acids is 1. The summed E-state index contributed by atoms with van der Waals surface area (Å²) in [5.74, 6) is 0.0815. The van der Waals surface area contributed by atoms with Crippen molar-refractivity contribution in [1.82, 2.24) is 4.31 Å². The van der Waals surface area contributed by atoms with E-state index >= 15 is 0 Å². The number of nitrogens with zero attached hydrogens (tertiary/aromatic N) is 2. The molecular formula is C19H21N3O2S. The van der Waals surface area contributed by atoms with Crippen LogP contribution in [0.1, 0.15) is 11.1 Å². The maximum atomic E-state index is 11.5. The van der Waals surface area contributed by atoms with E-state index in [0.29, 0.717) is 6.42 Å². The third-order valence-electron chi connectivity index (χ3n) is 4.66. The van der Waals surface area contributed by atoms with Gasteiger partial charge in [-0.3, -0.25) is 4.79 Å². The fourth-order valence-corrected chi connectivity index (χ4v) is 4.23. The van der Waals surface area contributed by atoms with Gasteiger partial charge in [0, 0.05) is 42.4 Å². The number of aliphatic hydroxyl groups excluding tert-OH is 1. The smallest absolute Gasteiger partial charge is 0.228 e. The van der Waals surface area contributed by atoms with Gasteiger partial charge in [-0.15, -0.1) is 0 Å². The Labute approximate surface area is 151 Å². The molecule has 4 rings (SSSR count). The monoisotopic (exact) mass is 355 g/mol. The first-order valence-corrected chi connectivity index (χ1v) is 9.29. The average Bonchev–Trinajstić information content (AvgIpc) is 3.02. The maximum absolute atomic E-state index is 11.5. The number of hydrogen-bond donors (Lipinski definition) is 2. The SMILES string of the molecule is O=C1Cc2cc(SN3CCN(c4ccc(CO)cc4)CC3)ccc2N1. The largest absolute Gasteiger partial charge is 0.392 e. The number of aliphatic hydroxyl groups is 1. The van der Waals surface area contributed by atoms with E-state index in [-0.39, 0.29) is 12.5 Å². The molecule has 0 bridgehead atoms. The highest BCUT2D eigenvalue weighted by molar-refractivity contribution is 7.97. The van der Waals surface area contributed by atoms with Crippen molar-refractivity contribution in [2.75, 3.05) is 36.4 Å². The van der Waals surface area contributed by atoms with Gasteiger partial charge in [-0.05, 0) is 53.4 Å². The number of carbonyl (C=O) groups is 1. The summed E-state index contributed by atoms with van der Waals surface area (Å²) >= 11 is 1.77. The van der Waals surface area contributed by atoms with E-state index < -0.39 is 0 Å². The molecule has 2 N–H and O–H groups in total. The average molecular weight is 355 g/mol. The maximum Gasteiger partial charge on any atom is 0.228 e. The summed E-state index contributed by atoms with van der Waals surface area (Å²) in [5.41, 5.74) is 4.20. The molecule has 1 saturated heterocycles. The molecule has 5 nitrogen and oxygen atoms in total. The van der Waals surface area contributed by atoms with Gasteiger partial charge in [-0.2, -0.15) is 0 Å². The summed E-state index contributed by atoms with van der Waals surface area (Å²) in [7, 11) is 0. The molecule has 1 amide bonds. The summed E-state index contributed by atoms with van der Waals surface area (Å²) in [6.45, 7) is 4.03. The van der Waals surface area contributed by atoms with Gasteiger partial charge in [0.05, 0.1) is 13.0 Å². The molecule has 0 radical (unpaired) electrons. The molecule has 0 saturated carbocycles. The van der Waals surface area contributed by atoms with Gasteiger partial charge >= 0.3 is 0 Å². The van der Waals surface area contributed by atoms with Crippen molar-refractivity contribution >= 4 is 29.2 Å². The molecule has 0 spiro atoms. The van der Waals surface area contributed by atoms with Crippen LogP contribution in [0.25, 0.3) is 0 Å². The van der Waals surface area contributed by atoms with Gasteiger partial charge in [0.25, 0.3) is 0 Å². The molecule has 2 heterocycles. The van der Waals surface area contributed by atoms with Crippen molar-refractivity contribution in [1.29, 1.82) is 0 Å². The van der Waals surface area contributed by atoms with Crippen LogP contribution in [-0.4, -0.2) is 41.5 Å². The highest BCUT2D eigenvalue weighted by atomic mass is 32.2. The lowest BCUT2D eigenvalue weighted by Crippen LogP contribution is -2.43. The summed E-state index contributed by atoms with van der Waals surface area (Å²) in [6.07, 6.45) is 0.487. The van der Waals surface area contributed by atoms with Gasteiger partial charge in [0.1, 0.15) is 0 Å². The predicted molar refractivity (Wildman–Crippen MR) is 101 cm³/mol. The number of benzene rings is 2. The molecule has 2 aliphatic rings. The van der Waals surface area contributed by atoms with Gasteiger partial charge in [-0.1, -0.05) is 12.1 Å². The van der Waals surface area contributed by atoms with E-state index in [0.717, 1.165) is 43.0 Å². The number of nitrogens with one attached hydrogen (secondary N) is 1. The van der Waals surface area contributed by atoms with Crippen molar-refractivity contribution in [3.63, 3.8) is 0 Å². The van der Waals surface area contributed by atoms with Crippen molar-refractivity contribution in [3.8, 4) is 0 Å². The summed E-state index contributed by atoms with van der Waals surface area (Å²) in [6, 6.07) is 14.3. The number of fused-ring (bicyclic) bond motifs is 1. The van der Waals surface area contributed by atoms with Crippen LogP contribution in [0, 0.1) is 0 Å². The number of rotatable bonds is 4. The molecule has 25 heavy (non-hydrogen) atoms. The summed E-state index contributed by atoms with van der Waals surface area (Å²) in [4.78, 5) is 15.0. The lowest BCUT2D eigenvalue weighted by atomic mass is 10.2. The molecule has 1 fully saturated rings. The lowest BCUT2D eigenvalue weighted by molar-refractivity contribution is -0.115. The molecular weight excluding hydrogens is 334 g/mol. The van der Waals surface area contributed by atoms with Crippen molar-refractivity contribution in [2.24, 2.45) is 0 Å². The van der Waals surface area contributed by atoms with Crippen LogP contribution in [0.4, 0.5) is 11.4 Å². The first-order valence-electron chi connectivity index (χ1n) is 8.52. The molecule has 130 valence electrons. The number of hydrogen-bond acceptors (Lipinski definition) is 5. The Morgan fingerprint density at radius 1 is 1.04 bits per heavy atom. The molecule has 0 aliphatic carbocycles. The zero-order valence-electron chi connectivity index (χ0n) is 13.9. The fourth-order valence-electron chi connectivity index (χ4n) is 3.26. The second-order valence-electron chi connectivity index (χ2n) is 6.38. The quantitative estimate of drug-likeness (QED) is 0.826. The Morgan fingerprint density at radius 3 is 2.52 bits per heavy atom. The minimum Gasteiger partial charge on any atom is -0.392 e. The minimum absolute atomic E-state index is 0.0815. The van der Waals surface area contributed by atoms with Crippen molar-refractivity contribution in [2.45, 2.75) is 17.9 Å². The highest BCUT2D eigenvalue weighted by Crippen LogP contribution is 2.31. The molecule has 0 aromatic heterocycles. The highest BCUT2D eigenvalue weighted by Gasteiger charge is 2.21. The first-order chi connectivity index (χ1) is 12.2. The Balaban J connectivity index is 1.34. The summed E-state index contributed by atoms with van der Waals surface area (Å²) in [5, 5.41) is 12.0. The van der Waals surface area contributed by atoms with Crippen molar-refractivity contribution in [3.05, 3.63) is 53.6 Å². The van der Waals surface area contributed by atoms with E-state index in [9.17, 15) is 4.79 Å². The zero-order chi connectivity index (χ0) is 17.2. The van der Waals surface area contributed by atoms with Gasteiger partial charge in [0.2, 0.25) is 5.91 Å². The molecule has 6 heteroatoms. The third-order valence-corrected chi connectivity index (χ3v) is 5.75. The Kier molecular flexibility index (Phi) is 4.65. The van der Waals surface area contributed by atoms with Crippen LogP contribution in [0.3, 0.4) is 0 Å². The Bertz CT molecular complexity index is 771. The van der Waals surface area contributed by atoms with E-state index in [2.05, 4.69) is 38.8 Å². The Morgan fingerprint density at radius 2 is 1.80 bits per heavy atom.